The van der Waals surface area contributed by atoms with Crippen LogP contribution in [0, 0.1) is 6.92 Å². The highest BCUT2D eigenvalue weighted by atomic mass is 35.5. The van der Waals surface area contributed by atoms with Crippen LogP contribution < -0.4 is 5.32 Å². The number of benzene rings is 1. The number of morpholine rings is 1. The number of hydrogen-bond donors (Lipinski definition) is 1. The Bertz CT molecular complexity index is 992. The summed E-state index contributed by atoms with van der Waals surface area (Å²) in [4.78, 5) is 19.1. The molecule has 31 heavy (non-hydrogen) atoms. The van der Waals surface area contributed by atoms with Crippen molar-refractivity contribution in [2.75, 3.05) is 32.8 Å². The van der Waals surface area contributed by atoms with E-state index < -0.39 is 0 Å². The molecule has 1 unspecified atom stereocenters. The number of nitrogens with one attached hydrogen (secondary N) is 1. The van der Waals surface area contributed by atoms with Gasteiger partial charge in [0.05, 0.1) is 25.5 Å². The van der Waals surface area contributed by atoms with Crippen LogP contribution in [0.25, 0.3) is 11.3 Å². The molecule has 1 aliphatic rings. The molecule has 8 heteroatoms. The van der Waals surface area contributed by atoms with Crippen LogP contribution in [-0.2, 0) is 16.0 Å². The van der Waals surface area contributed by atoms with Gasteiger partial charge in [-0.1, -0.05) is 11.6 Å². The Morgan fingerprint density at radius 3 is 2.65 bits per heavy atom. The van der Waals surface area contributed by atoms with Crippen molar-refractivity contribution < 1.29 is 18.4 Å². The van der Waals surface area contributed by atoms with E-state index in [2.05, 4.69) is 15.2 Å². The molecule has 0 bridgehead atoms. The predicted molar refractivity (Wildman–Crippen MR) is 117 cm³/mol. The lowest BCUT2D eigenvalue weighted by atomic mass is 10.1. The van der Waals surface area contributed by atoms with Gasteiger partial charge in [-0.3, -0.25) is 9.69 Å². The predicted octanol–water partition coefficient (Wildman–Crippen LogP) is 4.02. The number of rotatable bonds is 8. The summed E-state index contributed by atoms with van der Waals surface area (Å²) in [6, 6.07) is 11.3. The van der Waals surface area contributed by atoms with Crippen LogP contribution in [0.1, 0.15) is 29.9 Å². The van der Waals surface area contributed by atoms with Gasteiger partial charge in [0, 0.05) is 43.1 Å². The quantitative estimate of drug-likeness (QED) is 0.566. The first-order valence-electron chi connectivity index (χ1n) is 10.4. The lowest BCUT2D eigenvalue weighted by Crippen LogP contribution is -2.43. The van der Waals surface area contributed by atoms with E-state index in [-0.39, 0.29) is 11.9 Å². The summed E-state index contributed by atoms with van der Waals surface area (Å²) < 4.78 is 17.1. The van der Waals surface area contributed by atoms with Gasteiger partial charge < -0.3 is 18.9 Å². The number of hydrogen-bond acceptors (Lipinski definition) is 6. The van der Waals surface area contributed by atoms with E-state index in [1.54, 1.807) is 18.3 Å². The van der Waals surface area contributed by atoms with Crippen molar-refractivity contribution in [3.05, 3.63) is 65.0 Å². The number of oxazole rings is 1. The number of aromatic nitrogens is 1. The fourth-order valence-corrected chi connectivity index (χ4v) is 3.75. The summed E-state index contributed by atoms with van der Waals surface area (Å²) in [7, 11) is 0. The molecule has 7 nitrogen and oxygen atoms in total. The Hall–Kier alpha value is -2.61. The summed E-state index contributed by atoms with van der Waals surface area (Å²) in [6.07, 6.45) is 2.40. The monoisotopic (exact) mass is 443 g/mol. The van der Waals surface area contributed by atoms with E-state index in [1.807, 2.05) is 31.2 Å². The zero-order valence-corrected chi connectivity index (χ0v) is 18.2. The lowest BCUT2D eigenvalue weighted by Gasteiger charge is -2.33. The standard InChI is InChI=1S/C23H26ClN3O4/c1-16-2-7-20(30-16)19(27-10-12-29-13-11-27)14-25-22(28)8-9-23-26-15-21(31-23)17-3-5-18(24)6-4-17/h2-7,15,19H,8-14H2,1H3,(H,25,28). The fraction of sp³-hybridized carbons (Fsp3) is 0.391. The molecule has 1 atom stereocenters. The van der Waals surface area contributed by atoms with E-state index in [4.69, 9.17) is 25.2 Å². The van der Waals surface area contributed by atoms with Crippen LogP contribution in [0.4, 0.5) is 0 Å². The SMILES string of the molecule is Cc1ccc(C(CNC(=O)CCc2ncc(-c3ccc(Cl)cc3)o2)N2CCOCC2)o1. The third kappa shape index (κ3) is 5.76. The number of nitrogens with zero attached hydrogens (tertiary/aromatic N) is 2. The average molecular weight is 444 g/mol. The highest BCUT2D eigenvalue weighted by molar-refractivity contribution is 6.30. The number of carbonyl (C=O) groups excluding carboxylic acids is 1. The maximum Gasteiger partial charge on any atom is 0.220 e. The minimum absolute atomic E-state index is 0.0141. The van der Waals surface area contributed by atoms with Gasteiger partial charge in [0.25, 0.3) is 0 Å². The van der Waals surface area contributed by atoms with Crippen molar-refractivity contribution >= 4 is 17.5 Å². The largest absolute Gasteiger partial charge is 0.465 e. The van der Waals surface area contributed by atoms with Gasteiger partial charge in [0.1, 0.15) is 11.5 Å². The van der Waals surface area contributed by atoms with Crippen LogP contribution >= 0.6 is 11.6 Å². The van der Waals surface area contributed by atoms with Crippen LogP contribution in [0.2, 0.25) is 5.02 Å². The molecule has 1 aliphatic heterocycles. The molecule has 3 heterocycles. The Kier molecular flexibility index (Phi) is 7.06. The second-order valence-corrected chi connectivity index (χ2v) is 7.98. The third-order valence-electron chi connectivity index (χ3n) is 5.32. The number of halogens is 1. The second-order valence-electron chi connectivity index (χ2n) is 7.54. The Labute approximate surface area is 186 Å². The van der Waals surface area contributed by atoms with Crippen LogP contribution in [-0.4, -0.2) is 48.6 Å². The van der Waals surface area contributed by atoms with Crippen molar-refractivity contribution in [2.45, 2.75) is 25.8 Å². The van der Waals surface area contributed by atoms with E-state index in [0.29, 0.717) is 49.3 Å². The lowest BCUT2D eigenvalue weighted by molar-refractivity contribution is -0.121. The molecule has 3 aromatic rings. The highest BCUT2D eigenvalue weighted by Gasteiger charge is 2.25. The van der Waals surface area contributed by atoms with Gasteiger partial charge in [-0.05, 0) is 43.3 Å². The molecule has 0 saturated carbocycles. The highest BCUT2D eigenvalue weighted by Crippen LogP contribution is 2.24. The minimum atomic E-state index is -0.0484. The average Bonchev–Trinajstić information content (AvgIpc) is 3.43. The molecular formula is C23H26ClN3O4. The molecule has 1 saturated heterocycles. The van der Waals surface area contributed by atoms with Crippen LogP contribution in [0.3, 0.4) is 0 Å². The first kappa shape index (κ1) is 21.6. The minimum Gasteiger partial charge on any atom is -0.465 e. The number of carbonyl (C=O) groups is 1. The normalized spacial score (nSPS) is 15.7. The molecule has 164 valence electrons. The number of aryl methyl sites for hydroxylation is 2. The Morgan fingerprint density at radius 2 is 1.94 bits per heavy atom. The molecule has 1 amide bonds. The van der Waals surface area contributed by atoms with Crippen LogP contribution in [0.5, 0.6) is 0 Å². The maximum atomic E-state index is 12.5. The van der Waals surface area contributed by atoms with Gasteiger partial charge >= 0.3 is 0 Å². The summed E-state index contributed by atoms with van der Waals surface area (Å²) in [6.45, 7) is 5.39. The van der Waals surface area contributed by atoms with Crippen molar-refractivity contribution in [3.63, 3.8) is 0 Å². The summed E-state index contributed by atoms with van der Waals surface area (Å²) in [5, 5.41) is 3.70. The van der Waals surface area contributed by atoms with Gasteiger partial charge in [-0.15, -0.1) is 0 Å². The van der Waals surface area contributed by atoms with E-state index in [0.717, 1.165) is 30.2 Å². The molecule has 4 rings (SSSR count). The molecule has 1 aromatic carbocycles. The van der Waals surface area contributed by atoms with E-state index in [1.165, 1.54) is 0 Å². The first-order chi connectivity index (χ1) is 15.1. The summed E-state index contributed by atoms with van der Waals surface area (Å²) in [5.41, 5.74) is 0.898. The Morgan fingerprint density at radius 1 is 1.16 bits per heavy atom. The van der Waals surface area contributed by atoms with Gasteiger partial charge in [-0.25, -0.2) is 4.98 Å². The van der Waals surface area contributed by atoms with Crippen LogP contribution in [0.15, 0.2) is 51.4 Å². The molecule has 0 aliphatic carbocycles. The zero-order chi connectivity index (χ0) is 21.6. The fourth-order valence-electron chi connectivity index (χ4n) is 3.62. The van der Waals surface area contributed by atoms with Gasteiger partial charge in [0.2, 0.25) is 5.91 Å². The first-order valence-corrected chi connectivity index (χ1v) is 10.8. The number of amides is 1. The van der Waals surface area contributed by atoms with Gasteiger partial charge in [0.15, 0.2) is 11.7 Å². The summed E-state index contributed by atoms with van der Waals surface area (Å²) in [5.74, 6) is 2.87. The molecule has 0 radical (unpaired) electrons. The molecule has 2 aromatic heterocycles. The number of furan rings is 1. The van der Waals surface area contributed by atoms with Crippen molar-refractivity contribution in [2.24, 2.45) is 0 Å². The molecule has 0 spiro atoms. The van der Waals surface area contributed by atoms with E-state index in [9.17, 15) is 4.79 Å². The Balaban J connectivity index is 1.31. The van der Waals surface area contributed by atoms with Crippen molar-refractivity contribution in [1.29, 1.82) is 0 Å². The maximum absolute atomic E-state index is 12.5. The summed E-state index contributed by atoms with van der Waals surface area (Å²) >= 11 is 5.92. The van der Waals surface area contributed by atoms with Crippen molar-refractivity contribution in [1.82, 2.24) is 15.2 Å². The van der Waals surface area contributed by atoms with Gasteiger partial charge in [-0.2, -0.15) is 0 Å². The topological polar surface area (TPSA) is 80.7 Å². The second kappa shape index (κ2) is 10.1. The molecular weight excluding hydrogens is 418 g/mol. The van der Waals surface area contributed by atoms with E-state index >= 15 is 0 Å². The third-order valence-corrected chi connectivity index (χ3v) is 5.57. The van der Waals surface area contributed by atoms with Crippen molar-refractivity contribution in [3.8, 4) is 11.3 Å². The zero-order valence-electron chi connectivity index (χ0n) is 17.5. The smallest absolute Gasteiger partial charge is 0.220 e. The molecule has 1 N–H and O–H groups in total. The number of ether oxygens (including phenoxy) is 1. The molecule has 1 fully saturated rings.